The van der Waals surface area contributed by atoms with Crippen LogP contribution in [0.15, 0.2) is 22.7 Å². The van der Waals surface area contributed by atoms with E-state index in [9.17, 15) is 0 Å². The molecule has 0 radical (unpaired) electrons. The summed E-state index contributed by atoms with van der Waals surface area (Å²) in [6.45, 7) is 4.32. The second kappa shape index (κ2) is 6.07. The fourth-order valence-corrected chi connectivity index (χ4v) is 3.35. The molecule has 0 amide bonds. The maximum atomic E-state index is 6.01. The van der Waals surface area contributed by atoms with Crippen LogP contribution in [0.1, 0.15) is 44.6 Å². The Kier molecular flexibility index (Phi) is 4.68. The molecule has 2 nitrogen and oxygen atoms in total. The van der Waals surface area contributed by atoms with Crippen LogP contribution >= 0.6 is 15.9 Å². The quantitative estimate of drug-likeness (QED) is 0.804. The molecule has 0 heterocycles. The van der Waals surface area contributed by atoms with Crippen molar-refractivity contribution in [1.29, 1.82) is 0 Å². The first kappa shape index (κ1) is 13.9. The van der Waals surface area contributed by atoms with Crippen LogP contribution in [0.3, 0.4) is 0 Å². The van der Waals surface area contributed by atoms with Crippen LogP contribution in [0.4, 0.5) is 5.69 Å². The van der Waals surface area contributed by atoms with E-state index in [1.807, 2.05) is 6.07 Å². The van der Waals surface area contributed by atoms with E-state index in [0.29, 0.717) is 5.41 Å². The molecule has 0 aliphatic heterocycles. The molecule has 0 saturated heterocycles. The molecule has 1 fully saturated rings. The molecule has 2 rings (SSSR count). The van der Waals surface area contributed by atoms with Crippen molar-refractivity contribution < 1.29 is 0 Å². The molecule has 0 unspecified atom stereocenters. The third kappa shape index (κ3) is 3.27. The molecule has 18 heavy (non-hydrogen) atoms. The largest absolute Gasteiger partial charge is 0.398 e. The minimum atomic E-state index is 0.546. The first-order chi connectivity index (χ1) is 8.65. The minimum absolute atomic E-state index is 0.546. The minimum Gasteiger partial charge on any atom is -0.398 e. The highest BCUT2D eigenvalue weighted by atomic mass is 79.9. The highest BCUT2D eigenvalue weighted by molar-refractivity contribution is 9.10. The Morgan fingerprint density at radius 1 is 1.33 bits per heavy atom. The van der Waals surface area contributed by atoms with Crippen molar-refractivity contribution in [2.75, 3.05) is 12.3 Å². The van der Waals surface area contributed by atoms with Crippen LogP contribution in [0.25, 0.3) is 0 Å². The fourth-order valence-electron chi connectivity index (χ4n) is 2.97. The lowest BCUT2D eigenvalue weighted by molar-refractivity contribution is 0.268. The van der Waals surface area contributed by atoms with Crippen molar-refractivity contribution in [2.24, 2.45) is 5.41 Å². The number of nitrogens with two attached hydrogens (primary N) is 1. The lowest BCUT2D eigenvalue weighted by Gasteiger charge is -2.28. The van der Waals surface area contributed by atoms with E-state index in [4.69, 9.17) is 5.73 Å². The average Bonchev–Trinajstić information content (AvgIpc) is 2.81. The van der Waals surface area contributed by atoms with Gasteiger partial charge in [0.05, 0.1) is 0 Å². The summed E-state index contributed by atoms with van der Waals surface area (Å²) in [5, 5.41) is 3.60. The number of hydrogen-bond acceptors (Lipinski definition) is 2. The van der Waals surface area contributed by atoms with Crippen LogP contribution in [0, 0.1) is 5.41 Å². The van der Waals surface area contributed by atoms with Crippen molar-refractivity contribution in [1.82, 2.24) is 5.32 Å². The van der Waals surface area contributed by atoms with E-state index in [0.717, 1.165) is 23.2 Å². The van der Waals surface area contributed by atoms with E-state index < -0.39 is 0 Å². The zero-order valence-electron chi connectivity index (χ0n) is 11.1. The van der Waals surface area contributed by atoms with Crippen molar-refractivity contribution >= 4 is 21.6 Å². The molecule has 0 bridgehead atoms. The molecule has 3 N–H and O–H groups in total. The van der Waals surface area contributed by atoms with E-state index in [1.165, 1.54) is 37.7 Å². The molecule has 3 heteroatoms. The first-order valence-electron chi connectivity index (χ1n) is 6.90. The van der Waals surface area contributed by atoms with Crippen molar-refractivity contribution in [3.63, 3.8) is 0 Å². The van der Waals surface area contributed by atoms with Crippen LogP contribution in [0.2, 0.25) is 0 Å². The summed E-state index contributed by atoms with van der Waals surface area (Å²) >= 11 is 3.44. The van der Waals surface area contributed by atoms with Crippen molar-refractivity contribution in [3.05, 3.63) is 28.2 Å². The number of anilines is 1. The van der Waals surface area contributed by atoms with Gasteiger partial charge in [0.1, 0.15) is 0 Å². The van der Waals surface area contributed by atoms with Gasteiger partial charge in [0.2, 0.25) is 0 Å². The molecule has 1 aliphatic carbocycles. The van der Waals surface area contributed by atoms with Gasteiger partial charge in [0.15, 0.2) is 0 Å². The smallest absolute Gasteiger partial charge is 0.0370 e. The van der Waals surface area contributed by atoms with Gasteiger partial charge >= 0.3 is 0 Å². The maximum Gasteiger partial charge on any atom is 0.0370 e. The maximum absolute atomic E-state index is 6.01. The predicted molar refractivity (Wildman–Crippen MR) is 81.5 cm³/mol. The summed E-state index contributed by atoms with van der Waals surface area (Å²) in [6, 6.07) is 6.13. The van der Waals surface area contributed by atoms with Gasteiger partial charge in [0.25, 0.3) is 0 Å². The summed E-state index contributed by atoms with van der Waals surface area (Å²) in [5.74, 6) is 0. The second-order valence-electron chi connectivity index (χ2n) is 5.51. The lowest BCUT2D eigenvalue weighted by atomic mass is 9.83. The molecule has 1 saturated carbocycles. The highest BCUT2D eigenvalue weighted by Crippen LogP contribution is 2.40. The molecule has 100 valence electrons. The monoisotopic (exact) mass is 310 g/mol. The second-order valence-corrected chi connectivity index (χ2v) is 6.42. The number of nitrogen functional groups attached to an aromatic ring is 1. The predicted octanol–water partition coefficient (Wildman–Crippen LogP) is 4.09. The normalized spacial score (nSPS) is 18.1. The summed E-state index contributed by atoms with van der Waals surface area (Å²) in [6.07, 6.45) is 6.85. The Morgan fingerprint density at radius 2 is 2.06 bits per heavy atom. The Bertz CT molecular complexity index is 397. The molecule has 1 aromatic rings. The van der Waals surface area contributed by atoms with Gasteiger partial charge in [-0.05, 0) is 42.4 Å². The van der Waals surface area contributed by atoms with Crippen molar-refractivity contribution in [2.45, 2.75) is 45.6 Å². The Balaban J connectivity index is 1.88. The zero-order valence-corrected chi connectivity index (χ0v) is 12.7. The molecule has 1 aliphatic rings. The number of rotatable bonds is 5. The molecule has 0 aromatic heterocycles. The van der Waals surface area contributed by atoms with Crippen LogP contribution in [-0.2, 0) is 6.54 Å². The summed E-state index contributed by atoms with van der Waals surface area (Å²) < 4.78 is 1.05. The van der Waals surface area contributed by atoms with E-state index >= 15 is 0 Å². The van der Waals surface area contributed by atoms with Gasteiger partial charge in [-0.15, -0.1) is 0 Å². The number of hydrogen-bond donors (Lipinski definition) is 2. The van der Waals surface area contributed by atoms with E-state index in [1.54, 1.807) is 0 Å². The Labute approximate surface area is 118 Å². The van der Waals surface area contributed by atoms with Gasteiger partial charge in [-0.1, -0.05) is 41.8 Å². The highest BCUT2D eigenvalue weighted by Gasteiger charge is 2.31. The topological polar surface area (TPSA) is 38.0 Å². The molecule has 0 atom stereocenters. The number of halogens is 1. The molecular weight excluding hydrogens is 288 g/mol. The van der Waals surface area contributed by atoms with Gasteiger partial charge < -0.3 is 11.1 Å². The SMILES string of the molecule is CCC1(CNCc2ccc(Br)cc2N)CCCC1. The lowest BCUT2D eigenvalue weighted by Crippen LogP contribution is -2.31. The van der Waals surface area contributed by atoms with Crippen molar-refractivity contribution in [3.8, 4) is 0 Å². The van der Waals surface area contributed by atoms with E-state index in [-0.39, 0.29) is 0 Å². The fraction of sp³-hybridized carbons (Fsp3) is 0.600. The van der Waals surface area contributed by atoms with Gasteiger partial charge in [-0.2, -0.15) is 0 Å². The Morgan fingerprint density at radius 3 is 2.67 bits per heavy atom. The Hall–Kier alpha value is -0.540. The third-order valence-electron chi connectivity index (χ3n) is 4.34. The summed E-state index contributed by atoms with van der Waals surface area (Å²) in [5.41, 5.74) is 8.62. The van der Waals surface area contributed by atoms with Crippen LogP contribution in [-0.4, -0.2) is 6.54 Å². The molecular formula is C15H23BrN2. The van der Waals surface area contributed by atoms with Gasteiger partial charge in [0, 0.05) is 23.2 Å². The van der Waals surface area contributed by atoms with Gasteiger partial charge in [-0.3, -0.25) is 0 Å². The number of nitrogens with one attached hydrogen (secondary N) is 1. The molecule has 0 spiro atoms. The average molecular weight is 311 g/mol. The molecule has 1 aromatic carbocycles. The number of benzene rings is 1. The van der Waals surface area contributed by atoms with Crippen LogP contribution < -0.4 is 11.1 Å². The van der Waals surface area contributed by atoms with Gasteiger partial charge in [-0.25, -0.2) is 0 Å². The zero-order chi connectivity index (χ0) is 13.0. The van der Waals surface area contributed by atoms with E-state index in [2.05, 4.69) is 40.3 Å². The first-order valence-corrected chi connectivity index (χ1v) is 7.69. The summed E-state index contributed by atoms with van der Waals surface area (Å²) in [4.78, 5) is 0. The standard InChI is InChI=1S/C15H23BrN2/c1-2-15(7-3-4-8-15)11-18-10-12-5-6-13(16)9-14(12)17/h5-6,9,18H,2-4,7-8,10-11,17H2,1H3. The van der Waals surface area contributed by atoms with Crippen LogP contribution in [0.5, 0.6) is 0 Å². The summed E-state index contributed by atoms with van der Waals surface area (Å²) in [7, 11) is 0. The third-order valence-corrected chi connectivity index (χ3v) is 4.83.